The molecule has 26 heavy (non-hydrogen) atoms. The minimum Gasteiger partial charge on any atom is -0.489 e. The Morgan fingerprint density at radius 3 is 2.58 bits per heavy atom. The van der Waals surface area contributed by atoms with Gasteiger partial charge < -0.3 is 20.5 Å². The molecule has 1 fully saturated rings. The van der Waals surface area contributed by atoms with Gasteiger partial charge in [-0.05, 0) is 24.5 Å². The van der Waals surface area contributed by atoms with Gasteiger partial charge in [0.05, 0.1) is 6.10 Å². The SMILES string of the molecule is Cl.NC[C@H]1CC[C@@H](C(=O)NCc2ccccc2OCc2ccccc2)O1. The normalized spacial score (nSPS) is 18.8. The fraction of sp³-hybridized carbons (Fsp3) is 0.350. The van der Waals surface area contributed by atoms with Gasteiger partial charge in [0.1, 0.15) is 18.5 Å². The van der Waals surface area contributed by atoms with Crippen LogP contribution in [0.15, 0.2) is 54.6 Å². The second kappa shape index (κ2) is 10.2. The van der Waals surface area contributed by atoms with Crippen molar-refractivity contribution in [2.24, 2.45) is 5.73 Å². The molecule has 140 valence electrons. The fourth-order valence-corrected chi connectivity index (χ4v) is 2.89. The lowest BCUT2D eigenvalue weighted by Gasteiger charge is -2.15. The molecule has 0 radical (unpaired) electrons. The van der Waals surface area contributed by atoms with Crippen molar-refractivity contribution < 1.29 is 14.3 Å². The Bertz CT molecular complexity index is 696. The standard InChI is InChI=1S/C20H24N2O3.ClH/c21-12-17-10-11-19(25-17)20(23)22-13-16-8-4-5-9-18(16)24-14-15-6-2-1-3-7-15;/h1-9,17,19H,10-14,21H2,(H,22,23);1H/t17-,19+;/m1./s1. The number of hydrogen-bond donors (Lipinski definition) is 2. The van der Waals surface area contributed by atoms with E-state index in [9.17, 15) is 4.79 Å². The highest BCUT2D eigenvalue weighted by molar-refractivity contribution is 5.85. The molecule has 1 aliphatic rings. The summed E-state index contributed by atoms with van der Waals surface area (Å²) in [5.41, 5.74) is 7.64. The number of nitrogens with two attached hydrogens (primary N) is 1. The van der Waals surface area contributed by atoms with Crippen molar-refractivity contribution >= 4 is 18.3 Å². The first-order valence-corrected chi connectivity index (χ1v) is 8.64. The number of hydrogen-bond acceptors (Lipinski definition) is 4. The van der Waals surface area contributed by atoms with Crippen LogP contribution in [0, 0.1) is 0 Å². The molecule has 5 nitrogen and oxygen atoms in total. The largest absolute Gasteiger partial charge is 0.489 e. The van der Waals surface area contributed by atoms with Gasteiger partial charge in [-0.1, -0.05) is 48.5 Å². The van der Waals surface area contributed by atoms with Crippen molar-refractivity contribution in [1.82, 2.24) is 5.32 Å². The summed E-state index contributed by atoms with van der Waals surface area (Å²) in [6.45, 7) is 1.37. The van der Waals surface area contributed by atoms with E-state index >= 15 is 0 Å². The van der Waals surface area contributed by atoms with Gasteiger partial charge in [0.15, 0.2) is 0 Å². The molecular weight excluding hydrogens is 352 g/mol. The first-order valence-electron chi connectivity index (χ1n) is 8.64. The zero-order valence-electron chi connectivity index (χ0n) is 14.6. The van der Waals surface area contributed by atoms with E-state index in [1.54, 1.807) is 0 Å². The lowest BCUT2D eigenvalue weighted by Crippen LogP contribution is -2.35. The van der Waals surface area contributed by atoms with Crippen LogP contribution in [0.25, 0.3) is 0 Å². The summed E-state index contributed by atoms with van der Waals surface area (Å²) in [6.07, 6.45) is 1.16. The van der Waals surface area contributed by atoms with Gasteiger partial charge in [-0.3, -0.25) is 4.79 Å². The smallest absolute Gasteiger partial charge is 0.249 e. The Kier molecular flexibility index (Phi) is 7.91. The molecule has 0 spiro atoms. The zero-order chi connectivity index (χ0) is 17.5. The molecule has 2 aromatic rings. The Hall–Kier alpha value is -2.08. The van der Waals surface area contributed by atoms with Crippen LogP contribution in [0.5, 0.6) is 5.75 Å². The number of benzene rings is 2. The summed E-state index contributed by atoms with van der Waals surface area (Å²) in [7, 11) is 0. The maximum absolute atomic E-state index is 12.3. The minimum atomic E-state index is -0.397. The number of carbonyl (C=O) groups is 1. The molecule has 1 aliphatic heterocycles. The average Bonchev–Trinajstić information content (AvgIpc) is 3.15. The molecule has 0 unspecified atom stereocenters. The van der Waals surface area contributed by atoms with Gasteiger partial charge in [-0.25, -0.2) is 0 Å². The van der Waals surface area contributed by atoms with Crippen LogP contribution in [0.4, 0.5) is 0 Å². The van der Waals surface area contributed by atoms with Crippen molar-refractivity contribution in [3.05, 3.63) is 65.7 Å². The molecule has 6 heteroatoms. The lowest BCUT2D eigenvalue weighted by atomic mass is 10.1. The van der Waals surface area contributed by atoms with Crippen LogP contribution < -0.4 is 15.8 Å². The van der Waals surface area contributed by atoms with Crippen LogP contribution in [0.2, 0.25) is 0 Å². The van der Waals surface area contributed by atoms with Crippen molar-refractivity contribution in [2.45, 2.75) is 38.2 Å². The van der Waals surface area contributed by atoms with E-state index in [0.717, 1.165) is 29.7 Å². The van der Waals surface area contributed by atoms with Gasteiger partial charge in [0, 0.05) is 18.7 Å². The number of amides is 1. The molecule has 0 aromatic heterocycles. The zero-order valence-corrected chi connectivity index (χ0v) is 15.4. The molecule has 0 saturated carbocycles. The van der Waals surface area contributed by atoms with Crippen molar-refractivity contribution in [3.63, 3.8) is 0 Å². The number of rotatable bonds is 7. The maximum atomic E-state index is 12.3. The van der Waals surface area contributed by atoms with Crippen molar-refractivity contribution in [3.8, 4) is 5.75 Å². The lowest BCUT2D eigenvalue weighted by molar-refractivity contribution is -0.132. The minimum absolute atomic E-state index is 0. The number of halogens is 1. The summed E-state index contributed by atoms with van der Waals surface area (Å²) < 4.78 is 11.5. The van der Waals surface area contributed by atoms with E-state index in [2.05, 4.69) is 5.32 Å². The Labute approximate surface area is 160 Å². The number of carbonyl (C=O) groups excluding carboxylic acids is 1. The Morgan fingerprint density at radius 1 is 1.12 bits per heavy atom. The number of para-hydroxylation sites is 1. The predicted octanol–water partition coefficient (Wildman–Crippen LogP) is 2.81. The van der Waals surface area contributed by atoms with E-state index < -0.39 is 6.10 Å². The molecule has 1 saturated heterocycles. The van der Waals surface area contributed by atoms with Crippen LogP contribution in [0.1, 0.15) is 24.0 Å². The van der Waals surface area contributed by atoms with E-state index in [1.165, 1.54) is 0 Å². The van der Waals surface area contributed by atoms with Crippen LogP contribution >= 0.6 is 12.4 Å². The van der Waals surface area contributed by atoms with Gasteiger partial charge in [-0.15, -0.1) is 12.4 Å². The quantitative estimate of drug-likeness (QED) is 0.779. The van der Waals surface area contributed by atoms with E-state index in [1.807, 2.05) is 54.6 Å². The molecule has 0 bridgehead atoms. The average molecular weight is 377 g/mol. The monoisotopic (exact) mass is 376 g/mol. The molecule has 3 N–H and O–H groups in total. The summed E-state index contributed by atoms with van der Waals surface area (Å²) in [6, 6.07) is 17.7. The molecule has 3 rings (SSSR count). The van der Waals surface area contributed by atoms with Crippen LogP contribution in [-0.4, -0.2) is 24.7 Å². The molecule has 1 amide bonds. The summed E-state index contributed by atoms with van der Waals surface area (Å²) in [5, 5.41) is 2.94. The van der Waals surface area contributed by atoms with E-state index in [-0.39, 0.29) is 24.4 Å². The van der Waals surface area contributed by atoms with Gasteiger partial charge in [-0.2, -0.15) is 0 Å². The highest BCUT2D eigenvalue weighted by atomic mass is 35.5. The maximum Gasteiger partial charge on any atom is 0.249 e. The van der Waals surface area contributed by atoms with Gasteiger partial charge in [0.2, 0.25) is 5.91 Å². The van der Waals surface area contributed by atoms with Crippen molar-refractivity contribution in [2.75, 3.05) is 6.54 Å². The second-order valence-electron chi connectivity index (χ2n) is 6.16. The van der Waals surface area contributed by atoms with Gasteiger partial charge >= 0.3 is 0 Å². The van der Waals surface area contributed by atoms with Crippen LogP contribution in [0.3, 0.4) is 0 Å². The van der Waals surface area contributed by atoms with E-state index in [0.29, 0.717) is 19.7 Å². The van der Waals surface area contributed by atoms with E-state index in [4.69, 9.17) is 15.2 Å². The molecule has 2 aromatic carbocycles. The van der Waals surface area contributed by atoms with Crippen LogP contribution in [-0.2, 0) is 22.7 Å². The third-order valence-corrected chi connectivity index (χ3v) is 4.33. The third kappa shape index (κ3) is 5.46. The van der Waals surface area contributed by atoms with Crippen molar-refractivity contribution in [1.29, 1.82) is 0 Å². The Balaban J connectivity index is 0.00000243. The predicted molar refractivity (Wildman–Crippen MR) is 103 cm³/mol. The van der Waals surface area contributed by atoms with Gasteiger partial charge in [0.25, 0.3) is 0 Å². The Morgan fingerprint density at radius 2 is 1.85 bits per heavy atom. The molecule has 2 atom stereocenters. The fourth-order valence-electron chi connectivity index (χ4n) is 2.89. The topological polar surface area (TPSA) is 73.6 Å². The summed E-state index contributed by atoms with van der Waals surface area (Å²) in [4.78, 5) is 12.3. The number of ether oxygens (including phenoxy) is 2. The first kappa shape index (κ1) is 20.2. The number of nitrogens with one attached hydrogen (secondary N) is 1. The summed E-state index contributed by atoms with van der Waals surface area (Å²) >= 11 is 0. The second-order valence-corrected chi connectivity index (χ2v) is 6.16. The highest BCUT2D eigenvalue weighted by Crippen LogP contribution is 2.21. The first-order chi connectivity index (χ1) is 12.3. The highest BCUT2D eigenvalue weighted by Gasteiger charge is 2.29. The molecule has 1 heterocycles. The third-order valence-electron chi connectivity index (χ3n) is 4.33. The molecular formula is C20H25ClN2O3. The molecule has 0 aliphatic carbocycles. The summed E-state index contributed by atoms with van der Waals surface area (Å²) in [5.74, 6) is 0.688.